The van der Waals surface area contributed by atoms with Crippen LogP contribution < -0.4 is 0 Å². The van der Waals surface area contributed by atoms with Crippen molar-refractivity contribution in [1.82, 2.24) is 0 Å². The van der Waals surface area contributed by atoms with Crippen LogP contribution in [0.2, 0.25) is 0 Å². The number of hydrogen-bond acceptors (Lipinski definition) is 1. The number of hydrogen-bond donors (Lipinski definition) is 0. The molecule has 0 amide bonds. The monoisotopic (exact) mass is 64.0 g/mol. The van der Waals surface area contributed by atoms with Gasteiger partial charge in [-0.2, -0.15) is 0 Å². The Hall–Kier alpha value is -0.0451. The van der Waals surface area contributed by atoms with Crippen molar-refractivity contribution in [3.8, 4) is 0 Å². The van der Waals surface area contributed by atoms with Crippen LogP contribution in [0.3, 0.4) is 0 Å². The Morgan fingerprint density at radius 1 is 1.75 bits per heavy atom. The lowest BCUT2D eigenvalue weighted by molar-refractivity contribution is 0.460. The maximum atomic E-state index is 4.25. The minimum atomic E-state index is 0. The molecule has 26 valence electrons. The van der Waals surface area contributed by atoms with Crippen molar-refractivity contribution in [2.75, 3.05) is 7.11 Å². The second-order valence-corrected chi connectivity index (χ2v) is 0.408. The van der Waals surface area contributed by atoms with Crippen LogP contribution >= 0.6 is 0 Å². The summed E-state index contributed by atoms with van der Waals surface area (Å²) in [5.74, 6) is 0. The zero-order chi connectivity index (χ0) is 2.71. The number of halogens is 1. The van der Waals surface area contributed by atoms with Gasteiger partial charge in [0.05, 0.1) is 0 Å². The molecule has 0 fully saturated rings. The average Bonchev–Trinajstić information content (AvgIpc) is 0.918. The molecular weight excluding hydrogens is 57.8 g/mol. The predicted molar refractivity (Wildman–Crippen MR) is 18.1 cm³/mol. The predicted octanol–water partition coefficient (Wildman–Crippen LogP) is -0.667. The van der Waals surface area contributed by atoms with Gasteiger partial charge in [0.15, 0.2) is 0 Å². The van der Waals surface area contributed by atoms with Gasteiger partial charge in [0.25, 0.3) is 8.05 Å². The highest BCUT2D eigenvalue weighted by atomic mass is 19.0. The quantitative estimate of drug-likeness (QED) is 0.339. The van der Waals surface area contributed by atoms with E-state index < -0.39 is 0 Å². The molecule has 0 aromatic rings. The zero-order valence-electron chi connectivity index (χ0n) is 2.82. The van der Waals surface area contributed by atoms with Crippen LogP contribution in [0.4, 0.5) is 4.70 Å². The van der Waals surface area contributed by atoms with Crippen molar-refractivity contribution in [2.24, 2.45) is 0 Å². The first-order chi connectivity index (χ1) is 1.41. The van der Waals surface area contributed by atoms with Crippen molar-refractivity contribution < 1.29 is 9.36 Å². The summed E-state index contributed by atoms with van der Waals surface area (Å²) in [6, 6.07) is 0. The Balaban J connectivity index is 0. The summed E-state index contributed by atoms with van der Waals surface area (Å²) in [5, 5.41) is 0. The van der Waals surface area contributed by atoms with E-state index in [1.54, 1.807) is 15.2 Å². The molecule has 0 aromatic carbocycles. The second-order valence-electron chi connectivity index (χ2n) is 0.408. The van der Waals surface area contributed by atoms with Crippen LogP contribution in [0, 0.1) is 0 Å². The van der Waals surface area contributed by atoms with E-state index in [-0.39, 0.29) is 4.70 Å². The maximum absolute atomic E-state index is 4.25. The Labute approximate surface area is 25.8 Å². The largest absolute Gasteiger partial charge is 0.447 e. The standard InChI is InChI=1S/CH5BO.FH/c1-3-2;/h2H2,1H3;1H. The van der Waals surface area contributed by atoms with Crippen molar-refractivity contribution >= 4 is 8.05 Å². The maximum Gasteiger partial charge on any atom is 0.256 e. The van der Waals surface area contributed by atoms with Gasteiger partial charge in [-0.1, -0.05) is 0 Å². The summed E-state index contributed by atoms with van der Waals surface area (Å²) in [4.78, 5) is 0. The molecule has 0 aliphatic heterocycles. The SMILES string of the molecule is BOC.F. The van der Waals surface area contributed by atoms with Crippen LogP contribution in [-0.4, -0.2) is 15.2 Å². The first-order valence-corrected chi connectivity index (χ1v) is 0.816. The molecule has 0 atom stereocenters. The topological polar surface area (TPSA) is 9.23 Å². The van der Waals surface area contributed by atoms with E-state index in [0.717, 1.165) is 0 Å². The Morgan fingerprint density at radius 3 is 1.75 bits per heavy atom. The van der Waals surface area contributed by atoms with E-state index in [9.17, 15) is 0 Å². The molecule has 1 nitrogen and oxygen atoms in total. The molecule has 0 aliphatic carbocycles. The zero-order valence-corrected chi connectivity index (χ0v) is 2.82. The third-order valence-corrected chi connectivity index (χ3v) is 0. The Morgan fingerprint density at radius 2 is 1.75 bits per heavy atom. The summed E-state index contributed by atoms with van der Waals surface area (Å²) >= 11 is 0. The van der Waals surface area contributed by atoms with E-state index in [1.807, 2.05) is 0 Å². The van der Waals surface area contributed by atoms with Gasteiger partial charge in [0, 0.05) is 7.11 Å². The van der Waals surface area contributed by atoms with E-state index in [2.05, 4.69) is 4.65 Å². The summed E-state index contributed by atoms with van der Waals surface area (Å²) in [5.41, 5.74) is 0. The lowest BCUT2D eigenvalue weighted by Crippen LogP contribution is -1.60. The first-order valence-electron chi connectivity index (χ1n) is 0.816. The van der Waals surface area contributed by atoms with E-state index in [0.29, 0.717) is 0 Å². The van der Waals surface area contributed by atoms with Gasteiger partial charge in [-0.05, 0) is 0 Å². The lowest BCUT2D eigenvalue weighted by atomic mass is 10.6. The van der Waals surface area contributed by atoms with Crippen LogP contribution in [0.15, 0.2) is 0 Å². The first kappa shape index (κ1) is 9.04. The molecule has 0 unspecified atom stereocenters. The van der Waals surface area contributed by atoms with Gasteiger partial charge in [-0.25, -0.2) is 0 Å². The van der Waals surface area contributed by atoms with Crippen molar-refractivity contribution in [3.63, 3.8) is 0 Å². The highest BCUT2D eigenvalue weighted by molar-refractivity contribution is 5.97. The van der Waals surface area contributed by atoms with Crippen molar-refractivity contribution in [1.29, 1.82) is 0 Å². The molecule has 4 heavy (non-hydrogen) atoms. The minimum Gasteiger partial charge on any atom is -0.447 e. The molecular formula is CH6BFO. The average molecular weight is 63.9 g/mol. The van der Waals surface area contributed by atoms with Crippen LogP contribution in [0.1, 0.15) is 0 Å². The fourth-order valence-corrected chi connectivity index (χ4v) is 0. The molecule has 0 radical (unpaired) electrons. The summed E-state index contributed by atoms with van der Waals surface area (Å²) in [7, 11) is 3.25. The van der Waals surface area contributed by atoms with E-state index in [4.69, 9.17) is 0 Å². The third-order valence-electron chi connectivity index (χ3n) is 0. The molecule has 0 saturated carbocycles. The molecule has 3 heteroatoms. The minimum absolute atomic E-state index is 0. The molecule has 0 saturated heterocycles. The molecule has 0 N–H and O–H groups in total. The molecule has 0 heterocycles. The molecule has 0 rings (SSSR count). The molecule has 0 bridgehead atoms. The number of rotatable bonds is 0. The third kappa shape index (κ3) is 878. The highest BCUT2D eigenvalue weighted by Gasteiger charge is 1.30. The lowest BCUT2D eigenvalue weighted by Gasteiger charge is -1.60. The molecule has 0 aromatic heterocycles. The van der Waals surface area contributed by atoms with Gasteiger partial charge < -0.3 is 4.65 Å². The van der Waals surface area contributed by atoms with E-state index >= 15 is 0 Å². The van der Waals surface area contributed by atoms with Gasteiger partial charge in [0.1, 0.15) is 0 Å². The Bertz CT molecular complexity index is 8.00. The smallest absolute Gasteiger partial charge is 0.256 e. The fraction of sp³-hybridized carbons (Fsp3) is 1.00. The van der Waals surface area contributed by atoms with Crippen molar-refractivity contribution in [2.45, 2.75) is 0 Å². The summed E-state index contributed by atoms with van der Waals surface area (Å²) in [6.45, 7) is 0. The molecule has 0 aliphatic rings. The van der Waals surface area contributed by atoms with Gasteiger partial charge >= 0.3 is 0 Å². The second kappa shape index (κ2) is 12.4. The molecule has 0 spiro atoms. The van der Waals surface area contributed by atoms with Crippen LogP contribution in [-0.2, 0) is 4.65 Å². The van der Waals surface area contributed by atoms with Gasteiger partial charge in [-0.3, -0.25) is 4.70 Å². The van der Waals surface area contributed by atoms with Gasteiger partial charge in [-0.15, -0.1) is 0 Å². The highest BCUT2D eigenvalue weighted by Crippen LogP contribution is 1.24. The Kier molecular flexibility index (Phi) is 28.0. The van der Waals surface area contributed by atoms with Crippen LogP contribution in [0.25, 0.3) is 0 Å². The van der Waals surface area contributed by atoms with E-state index in [1.165, 1.54) is 0 Å². The fourth-order valence-electron chi connectivity index (χ4n) is 0. The van der Waals surface area contributed by atoms with Crippen molar-refractivity contribution in [3.05, 3.63) is 0 Å². The summed E-state index contributed by atoms with van der Waals surface area (Å²) in [6.07, 6.45) is 0. The normalized spacial score (nSPS) is 4.25. The van der Waals surface area contributed by atoms with Gasteiger partial charge in [0.2, 0.25) is 0 Å². The van der Waals surface area contributed by atoms with Crippen LogP contribution in [0.5, 0.6) is 0 Å². The summed E-state index contributed by atoms with van der Waals surface area (Å²) < 4.78 is 4.25.